The molecule has 0 aliphatic rings. The Morgan fingerprint density at radius 3 is 2.30 bits per heavy atom. The van der Waals surface area contributed by atoms with Gasteiger partial charge in [0.15, 0.2) is 5.60 Å². The van der Waals surface area contributed by atoms with E-state index in [9.17, 15) is 14.7 Å². The quantitative estimate of drug-likeness (QED) is 0.856. The van der Waals surface area contributed by atoms with Gasteiger partial charge in [-0.2, -0.15) is 0 Å². The van der Waals surface area contributed by atoms with Crippen molar-refractivity contribution in [3.05, 3.63) is 34.7 Å². The topological polar surface area (TPSA) is 84.5 Å². The molecule has 1 heterocycles. The van der Waals surface area contributed by atoms with E-state index < -0.39 is 11.6 Å². The Balaban J connectivity index is 2.62. The predicted molar refractivity (Wildman–Crippen MR) is 74.7 cm³/mol. The molecule has 1 aromatic heterocycles. The van der Waals surface area contributed by atoms with Gasteiger partial charge in [-0.05, 0) is 25.5 Å². The van der Waals surface area contributed by atoms with Gasteiger partial charge in [0, 0.05) is 6.54 Å². The number of aliphatic carboxylic acids is 1. The lowest BCUT2D eigenvalue weighted by Gasteiger charge is -2.18. The highest BCUT2D eigenvalue weighted by Gasteiger charge is 2.32. The number of hydrogen-bond donors (Lipinski definition) is 2. The maximum Gasteiger partial charge on any atom is 0.337 e. The van der Waals surface area contributed by atoms with Crippen molar-refractivity contribution in [2.75, 3.05) is 0 Å². The summed E-state index contributed by atoms with van der Waals surface area (Å²) in [7, 11) is 0. The van der Waals surface area contributed by atoms with Crippen LogP contribution in [0.3, 0.4) is 0 Å². The Bertz CT molecular complexity index is 697. The molecule has 2 rings (SSSR count). The van der Waals surface area contributed by atoms with Crippen LogP contribution in [0.2, 0.25) is 0 Å². The zero-order chi connectivity index (χ0) is 14.9. The molecule has 1 unspecified atom stereocenters. The third-order valence-corrected chi connectivity index (χ3v) is 3.30. The second kappa shape index (κ2) is 5.13. The second-order valence-electron chi connectivity index (χ2n) is 5.09. The first-order chi connectivity index (χ1) is 9.38. The molecule has 108 valence electrons. The number of benzene rings is 1. The van der Waals surface area contributed by atoms with Crippen LogP contribution in [0.5, 0.6) is 0 Å². The van der Waals surface area contributed by atoms with Crippen LogP contribution in [-0.4, -0.2) is 30.9 Å². The average Bonchev–Trinajstić information content (AvgIpc) is 2.65. The molecule has 0 aliphatic heterocycles. The lowest BCUT2D eigenvalue weighted by molar-refractivity contribution is -0.157. The fraction of sp³-hybridized carbons (Fsp3) is 0.429. The molecule has 0 fully saturated rings. The zero-order valence-corrected chi connectivity index (χ0v) is 11.5. The summed E-state index contributed by atoms with van der Waals surface area (Å²) >= 11 is 0. The highest BCUT2D eigenvalue weighted by atomic mass is 16.4. The number of fused-ring (bicyclic) bond motifs is 1. The van der Waals surface area contributed by atoms with Gasteiger partial charge in [-0.15, -0.1) is 0 Å². The van der Waals surface area contributed by atoms with Crippen molar-refractivity contribution in [3.8, 4) is 0 Å². The van der Waals surface area contributed by atoms with Gasteiger partial charge in [-0.3, -0.25) is 9.13 Å². The summed E-state index contributed by atoms with van der Waals surface area (Å²) in [6.07, 6.45) is 0.795. The number of para-hydroxylation sites is 2. The fourth-order valence-corrected chi connectivity index (χ4v) is 2.24. The number of imidazole rings is 1. The molecule has 0 spiro atoms. The maximum absolute atomic E-state index is 12.4. The van der Waals surface area contributed by atoms with E-state index in [-0.39, 0.29) is 12.2 Å². The molecule has 0 saturated carbocycles. The minimum atomic E-state index is -1.98. The number of rotatable bonds is 5. The van der Waals surface area contributed by atoms with Gasteiger partial charge in [-0.1, -0.05) is 19.1 Å². The Labute approximate surface area is 115 Å². The summed E-state index contributed by atoms with van der Waals surface area (Å²) in [4.78, 5) is 23.4. The van der Waals surface area contributed by atoms with Gasteiger partial charge in [-0.25, -0.2) is 9.59 Å². The number of aryl methyl sites for hydroxylation is 1. The molecule has 1 aromatic carbocycles. The first kappa shape index (κ1) is 14.3. The predicted octanol–water partition coefficient (Wildman–Crippen LogP) is 1.05. The number of hydrogen-bond acceptors (Lipinski definition) is 3. The van der Waals surface area contributed by atoms with Crippen molar-refractivity contribution in [1.82, 2.24) is 9.13 Å². The third kappa shape index (κ3) is 2.34. The summed E-state index contributed by atoms with van der Waals surface area (Å²) < 4.78 is 2.92. The molecule has 6 nitrogen and oxygen atoms in total. The fourth-order valence-electron chi connectivity index (χ4n) is 2.24. The zero-order valence-electron chi connectivity index (χ0n) is 11.5. The summed E-state index contributed by atoms with van der Waals surface area (Å²) in [5.41, 5.74) is -0.895. The minimum Gasteiger partial charge on any atom is -0.479 e. The van der Waals surface area contributed by atoms with Crippen LogP contribution in [0.15, 0.2) is 29.1 Å². The SMILES string of the molecule is CCCn1c(=O)n(CC(C)(O)C(=O)O)c2ccccc21. The lowest BCUT2D eigenvalue weighted by atomic mass is 10.1. The molecular formula is C14H18N2O4. The molecule has 2 aromatic rings. The molecule has 0 bridgehead atoms. The Morgan fingerprint density at radius 2 is 1.80 bits per heavy atom. The van der Waals surface area contributed by atoms with Crippen molar-refractivity contribution >= 4 is 17.0 Å². The number of nitrogens with zero attached hydrogens (tertiary/aromatic N) is 2. The Hall–Kier alpha value is -2.08. The van der Waals surface area contributed by atoms with Crippen LogP contribution in [-0.2, 0) is 17.9 Å². The average molecular weight is 278 g/mol. The summed E-state index contributed by atoms with van der Waals surface area (Å²) in [5.74, 6) is -1.35. The highest BCUT2D eigenvalue weighted by Crippen LogP contribution is 2.16. The maximum atomic E-state index is 12.4. The van der Waals surface area contributed by atoms with Gasteiger partial charge in [0.05, 0.1) is 17.6 Å². The Kier molecular flexibility index (Phi) is 3.67. The molecule has 20 heavy (non-hydrogen) atoms. The normalized spacial score (nSPS) is 14.3. The van der Waals surface area contributed by atoms with Crippen LogP contribution in [0.25, 0.3) is 11.0 Å². The minimum absolute atomic E-state index is 0.279. The summed E-state index contributed by atoms with van der Waals surface area (Å²) in [6.45, 7) is 3.43. The molecular weight excluding hydrogens is 260 g/mol. The van der Waals surface area contributed by atoms with E-state index >= 15 is 0 Å². The first-order valence-electron chi connectivity index (χ1n) is 6.52. The van der Waals surface area contributed by atoms with E-state index in [0.717, 1.165) is 11.9 Å². The first-order valence-corrected chi connectivity index (χ1v) is 6.52. The van der Waals surface area contributed by atoms with Gasteiger partial charge in [0.25, 0.3) is 0 Å². The van der Waals surface area contributed by atoms with E-state index in [1.54, 1.807) is 16.7 Å². The molecule has 0 amide bonds. The number of aromatic nitrogens is 2. The van der Waals surface area contributed by atoms with Gasteiger partial charge in [0.1, 0.15) is 0 Å². The van der Waals surface area contributed by atoms with Crippen LogP contribution in [0.4, 0.5) is 0 Å². The monoisotopic (exact) mass is 278 g/mol. The molecule has 0 aliphatic carbocycles. The van der Waals surface area contributed by atoms with Gasteiger partial charge < -0.3 is 10.2 Å². The van der Waals surface area contributed by atoms with Gasteiger partial charge in [0.2, 0.25) is 0 Å². The third-order valence-electron chi connectivity index (χ3n) is 3.30. The highest BCUT2D eigenvalue weighted by molar-refractivity contribution is 5.78. The van der Waals surface area contributed by atoms with Crippen molar-refractivity contribution in [2.24, 2.45) is 0 Å². The van der Waals surface area contributed by atoms with Crippen LogP contribution >= 0.6 is 0 Å². The summed E-state index contributed by atoms with van der Waals surface area (Å²) in [6, 6.07) is 7.18. The largest absolute Gasteiger partial charge is 0.479 e. The number of carboxylic acid groups (broad SMARTS) is 1. The second-order valence-corrected chi connectivity index (χ2v) is 5.09. The molecule has 0 saturated heterocycles. The van der Waals surface area contributed by atoms with Crippen molar-refractivity contribution in [3.63, 3.8) is 0 Å². The summed E-state index contributed by atoms with van der Waals surface area (Å²) in [5, 5.41) is 18.9. The van der Waals surface area contributed by atoms with Gasteiger partial charge >= 0.3 is 11.7 Å². The molecule has 1 atom stereocenters. The van der Waals surface area contributed by atoms with Crippen LogP contribution in [0.1, 0.15) is 20.3 Å². The molecule has 6 heteroatoms. The lowest BCUT2D eigenvalue weighted by Crippen LogP contribution is -2.42. The van der Waals surface area contributed by atoms with E-state index in [2.05, 4.69) is 0 Å². The van der Waals surface area contributed by atoms with E-state index in [0.29, 0.717) is 12.1 Å². The smallest absolute Gasteiger partial charge is 0.337 e. The van der Waals surface area contributed by atoms with E-state index in [4.69, 9.17) is 5.11 Å². The van der Waals surface area contributed by atoms with Crippen LogP contribution < -0.4 is 5.69 Å². The standard InChI is InChI=1S/C14H18N2O4/c1-3-8-15-10-6-4-5-7-11(10)16(13(15)19)9-14(2,20)12(17)18/h4-7,20H,3,8-9H2,1-2H3,(H,17,18). The van der Waals surface area contributed by atoms with Crippen LogP contribution in [0, 0.1) is 0 Å². The van der Waals surface area contributed by atoms with Crippen molar-refractivity contribution in [1.29, 1.82) is 0 Å². The number of aliphatic hydroxyl groups is 1. The number of carbonyl (C=O) groups is 1. The van der Waals surface area contributed by atoms with Crippen molar-refractivity contribution in [2.45, 2.75) is 39.0 Å². The van der Waals surface area contributed by atoms with E-state index in [1.165, 1.54) is 11.5 Å². The molecule has 0 radical (unpaired) electrons. The molecule has 2 N–H and O–H groups in total. The number of carboxylic acids is 1. The van der Waals surface area contributed by atoms with Crippen molar-refractivity contribution < 1.29 is 15.0 Å². The van der Waals surface area contributed by atoms with E-state index in [1.807, 2.05) is 19.1 Å². The Morgan fingerprint density at radius 1 is 1.25 bits per heavy atom.